The second-order valence-corrected chi connectivity index (χ2v) is 10.3. The van der Waals surface area contributed by atoms with E-state index in [1.807, 2.05) is 0 Å². The lowest BCUT2D eigenvalue weighted by Crippen LogP contribution is -2.57. The monoisotopic (exact) mass is 406 g/mol. The minimum atomic E-state index is -2.95. The molecule has 0 spiro atoms. The minimum Gasteiger partial charge on any atom is -0.355 e. The average molecular weight is 407 g/mol. The van der Waals surface area contributed by atoms with Crippen LogP contribution >= 0.6 is 0 Å². The van der Waals surface area contributed by atoms with Gasteiger partial charge in [-0.1, -0.05) is 37.3 Å². The first-order valence-corrected chi connectivity index (χ1v) is 12.3. The van der Waals surface area contributed by atoms with E-state index in [0.29, 0.717) is 18.5 Å². The van der Waals surface area contributed by atoms with Crippen molar-refractivity contribution in [3.8, 4) is 0 Å². The Kier molecular flexibility index (Phi) is 7.35. The summed E-state index contributed by atoms with van der Waals surface area (Å²) in [7, 11) is -1.17. The van der Waals surface area contributed by atoms with Crippen LogP contribution in [0.2, 0.25) is 0 Å². The van der Waals surface area contributed by atoms with Crippen molar-refractivity contribution in [1.29, 1.82) is 0 Å². The molecule has 0 aromatic heterocycles. The number of likely N-dealkylation sites (tertiary alicyclic amines) is 2. The summed E-state index contributed by atoms with van der Waals surface area (Å²) >= 11 is 0. The Morgan fingerprint density at radius 1 is 1.21 bits per heavy atom. The molecule has 7 heteroatoms. The first-order chi connectivity index (χ1) is 13.5. The molecule has 3 rings (SSSR count). The number of nitrogens with one attached hydrogen (secondary N) is 1. The molecule has 2 atom stereocenters. The highest BCUT2D eigenvalue weighted by atomic mass is 32.2. The number of nitrogens with zero attached hydrogens (tertiary/aromatic N) is 3. The largest absolute Gasteiger partial charge is 0.355 e. The van der Waals surface area contributed by atoms with Crippen LogP contribution in [0.5, 0.6) is 0 Å². The molecular weight excluding hydrogens is 372 g/mol. The fourth-order valence-corrected chi connectivity index (χ4v) is 5.21. The molecule has 6 nitrogen and oxygen atoms in total. The summed E-state index contributed by atoms with van der Waals surface area (Å²) in [5.41, 5.74) is 1.39. The van der Waals surface area contributed by atoms with Crippen LogP contribution in [0, 0.1) is 5.92 Å². The van der Waals surface area contributed by atoms with Gasteiger partial charge < -0.3 is 10.2 Å². The number of benzene rings is 1. The lowest BCUT2D eigenvalue weighted by atomic mass is 9.83. The number of sulfone groups is 1. The van der Waals surface area contributed by atoms with Gasteiger partial charge in [-0.15, -0.1) is 0 Å². The molecule has 1 N–H and O–H groups in total. The van der Waals surface area contributed by atoms with Gasteiger partial charge in [0.05, 0.1) is 5.75 Å². The van der Waals surface area contributed by atoms with Gasteiger partial charge in [0, 0.05) is 45.0 Å². The molecule has 2 heterocycles. The predicted molar refractivity (Wildman–Crippen MR) is 115 cm³/mol. The van der Waals surface area contributed by atoms with Gasteiger partial charge in [0.2, 0.25) is 0 Å². The lowest BCUT2D eigenvalue weighted by molar-refractivity contribution is 0.0373. The second kappa shape index (κ2) is 9.74. The van der Waals surface area contributed by atoms with Crippen molar-refractivity contribution in [3.05, 3.63) is 35.9 Å². The maximum atomic E-state index is 11.7. The second-order valence-electron chi connectivity index (χ2n) is 7.87. The molecule has 2 saturated heterocycles. The van der Waals surface area contributed by atoms with Crippen molar-refractivity contribution >= 4 is 15.8 Å². The van der Waals surface area contributed by atoms with Gasteiger partial charge in [-0.05, 0) is 37.3 Å². The zero-order valence-corrected chi connectivity index (χ0v) is 18.0. The van der Waals surface area contributed by atoms with Crippen molar-refractivity contribution in [1.82, 2.24) is 15.1 Å². The highest BCUT2D eigenvalue weighted by molar-refractivity contribution is 7.91. The third kappa shape index (κ3) is 5.47. The van der Waals surface area contributed by atoms with Gasteiger partial charge in [-0.25, -0.2) is 8.42 Å². The Bertz CT molecular complexity index is 751. The van der Waals surface area contributed by atoms with E-state index in [-0.39, 0.29) is 11.5 Å². The van der Waals surface area contributed by atoms with E-state index in [1.54, 1.807) is 14.0 Å². The van der Waals surface area contributed by atoms with Crippen molar-refractivity contribution in [3.63, 3.8) is 0 Å². The summed E-state index contributed by atoms with van der Waals surface area (Å²) in [6.07, 6.45) is 3.63. The number of guanidine groups is 1. The van der Waals surface area contributed by atoms with Crippen LogP contribution in [-0.2, 0) is 16.4 Å². The lowest BCUT2D eigenvalue weighted by Gasteiger charge is -2.48. The summed E-state index contributed by atoms with van der Waals surface area (Å²) < 4.78 is 23.4. The van der Waals surface area contributed by atoms with E-state index in [1.165, 1.54) is 24.9 Å². The Morgan fingerprint density at radius 2 is 2.00 bits per heavy atom. The zero-order chi connectivity index (χ0) is 20.0. The first-order valence-electron chi connectivity index (χ1n) is 10.5. The molecule has 0 aliphatic carbocycles. The number of piperidine rings is 2. The Labute approximate surface area is 169 Å². The van der Waals surface area contributed by atoms with Crippen LogP contribution in [0.25, 0.3) is 0 Å². The first kappa shape index (κ1) is 21.1. The van der Waals surface area contributed by atoms with Crippen LogP contribution in [0.15, 0.2) is 35.3 Å². The molecule has 2 aliphatic heterocycles. The van der Waals surface area contributed by atoms with Crippen LogP contribution in [0.3, 0.4) is 0 Å². The topological polar surface area (TPSA) is 65.0 Å². The summed E-state index contributed by atoms with van der Waals surface area (Å²) in [6, 6.07) is 11.4. The molecule has 0 amide bonds. The third-order valence-corrected chi connectivity index (χ3v) is 7.76. The molecular formula is C21H34N4O2S. The highest BCUT2D eigenvalue weighted by Gasteiger charge is 2.36. The van der Waals surface area contributed by atoms with E-state index in [9.17, 15) is 8.42 Å². The molecule has 28 heavy (non-hydrogen) atoms. The van der Waals surface area contributed by atoms with E-state index in [0.717, 1.165) is 32.0 Å². The Morgan fingerprint density at radius 3 is 2.71 bits per heavy atom. The summed E-state index contributed by atoms with van der Waals surface area (Å²) in [5, 5.41) is 3.26. The van der Waals surface area contributed by atoms with Gasteiger partial charge >= 0.3 is 0 Å². The van der Waals surface area contributed by atoms with E-state index in [2.05, 4.69) is 50.4 Å². The number of hydrogen-bond acceptors (Lipinski definition) is 4. The molecule has 1 aromatic rings. The maximum absolute atomic E-state index is 11.7. The summed E-state index contributed by atoms with van der Waals surface area (Å²) in [5.74, 6) is 1.83. The Balaban J connectivity index is 1.56. The minimum absolute atomic E-state index is 0.160. The van der Waals surface area contributed by atoms with Gasteiger partial charge in [0.25, 0.3) is 0 Å². The van der Waals surface area contributed by atoms with Crippen LogP contribution in [0.1, 0.15) is 31.7 Å². The van der Waals surface area contributed by atoms with Crippen molar-refractivity contribution in [2.45, 2.75) is 38.8 Å². The van der Waals surface area contributed by atoms with Crippen LogP contribution in [-0.4, -0.2) is 75.0 Å². The van der Waals surface area contributed by atoms with E-state index >= 15 is 0 Å². The number of rotatable bonds is 6. The van der Waals surface area contributed by atoms with Crippen LogP contribution < -0.4 is 5.32 Å². The highest BCUT2D eigenvalue weighted by Crippen LogP contribution is 2.31. The summed E-state index contributed by atoms with van der Waals surface area (Å²) in [4.78, 5) is 9.37. The molecule has 156 valence electrons. The van der Waals surface area contributed by atoms with Crippen molar-refractivity contribution in [2.24, 2.45) is 10.9 Å². The fraction of sp³-hybridized carbons (Fsp3) is 0.667. The molecule has 2 unspecified atom stereocenters. The molecule has 2 fully saturated rings. The van der Waals surface area contributed by atoms with E-state index < -0.39 is 9.84 Å². The quantitative estimate of drug-likeness (QED) is 0.578. The van der Waals surface area contributed by atoms with Gasteiger partial charge in [0.1, 0.15) is 0 Å². The molecule has 0 radical (unpaired) electrons. The molecule has 0 bridgehead atoms. The van der Waals surface area contributed by atoms with E-state index in [4.69, 9.17) is 0 Å². The predicted octanol–water partition coefficient (Wildman–Crippen LogP) is 1.98. The van der Waals surface area contributed by atoms with Crippen LogP contribution in [0.4, 0.5) is 0 Å². The maximum Gasteiger partial charge on any atom is 0.193 e. The smallest absolute Gasteiger partial charge is 0.193 e. The SMILES string of the molecule is CCS(=O)(=O)CCNC(=NC)N1CCC2C(CCCN2Cc2ccccc2)C1. The van der Waals surface area contributed by atoms with Gasteiger partial charge in [-0.3, -0.25) is 9.89 Å². The molecule has 1 aromatic carbocycles. The standard InChI is InChI=1S/C21H34N4O2S/c1-3-28(26,27)15-12-23-21(22-2)25-14-11-20-19(17-25)10-7-13-24(20)16-18-8-5-4-6-9-18/h4-6,8-9,19-20H,3,7,10-17H2,1-2H3,(H,22,23). The zero-order valence-electron chi connectivity index (χ0n) is 17.2. The number of aliphatic imine (C=N–C) groups is 1. The van der Waals surface area contributed by atoms with Crippen molar-refractivity contribution in [2.75, 3.05) is 44.7 Å². The number of hydrogen-bond donors (Lipinski definition) is 1. The average Bonchev–Trinajstić information content (AvgIpc) is 2.72. The van der Waals surface area contributed by atoms with Gasteiger partial charge in [0.15, 0.2) is 15.8 Å². The van der Waals surface area contributed by atoms with Crippen molar-refractivity contribution < 1.29 is 8.42 Å². The Hall–Kier alpha value is -1.60. The number of fused-ring (bicyclic) bond motifs is 1. The third-order valence-electron chi connectivity index (χ3n) is 6.06. The fourth-order valence-electron chi connectivity index (χ4n) is 4.51. The normalized spacial score (nSPS) is 24.1. The molecule has 2 aliphatic rings. The summed E-state index contributed by atoms with van der Waals surface area (Å²) in [6.45, 7) is 6.29. The van der Waals surface area contributed by atoms with Gasteiger partial charge in [-0.2, -0.15) is 0 Å². The molecule has 0 saturated carbocycles.